The highest BCUT2D eigenvalue weighted by Crippen LogP contribution is 2.37. The van der Waals surface area contributed by atoms with Gasteiger partial charge in [-0.15, -0.1) is 11.3 Å². The number of hydrogen-bond donors (Lipinski definition) is 1. The normalized spacial score (nSPS) is 12.4. The van der Waals surface area contributed by atoms with Crippen LogP contribution in [-0.2, 0) is 21.2 Å². The maximum Gasteiger partial charge on any atom is 0.347 e. The molecule has 0 unspecified atom stereocenters. The summed E-state index contributed by atoms with van der Waals surface area (Å²) in [5.74, 6) is -0.570. The molecule has 0 amide bonds. The summed E-state index contributed by atoms with van der Waals surface area (Å²) in [6, 6.07) is 12.7. The van der Waals surface area contributed by atoms with Crippen LogP contribution in [0.25, 0.3) is 10.1 Å². The Hall–Kier alpha value is -2.13. The molecule has 0 saturated carbocycles. The number of halogens is 1. The Morgan fingerprint density at radius 1 is 1.18 bits per heavy atom. The largest absolute Gasteiger partial charge is 0.478 e. The van der Waals surface area contributed by atoms with Crippen LogP contribution in [0.1, 0.15) is 44.7 Å². The third kappa shape index (κ3) is 5.92. The molecule has 0 saturated heterocycles. The number of rotatable bonds is 11. The standard InChI is InChI=1S/C25H30ClNO5S2/c1-5-13-27(34(30,31)23-17(2)21-16-19(26)11-12-22(21)33-23)14-7-9-18-8-6-10-20(15-18)32-25(3,4)24(28)29/h6,8,10-12,15-16H,5,7,9,13-14H2,1-4H3,(H,28,29). The Bertz CT molecular complexity index is 1280. The quantitative estimate of drug-likeness (QED) is 0.326. The van der Waals surface area contributed by atoms with Crippen molar-refractivity contribution in [3.63, 3.8) is 0 Å². The lowest BCUT2D eigenvalue weighted by Crippen LogP contribution is -2.37. The lowest BCUT2D eigenvalue weighted by atomic mass is 10.1. The van der Waals surface area contributed by atoms with E-state index in [2.05, 4.69) is 0 Å². The van der Waals surface area contributed by atoms with Gasteiger partial charge < -0.3 is 9.84 Å². The second kappa shape index (κ2) is 10.6. The molecule has 9 heteroatoms. The zero-order chi connectivity index (χ0) is 25.1. The molecule has 0 aliphatic heterocycles. The van der Waals surface area contributed by atoms with Crippen molar-refractivity contribution in [3.05, 3.63) is 58.6 Å². The molecule has 0 aliphatic carbocycles. The van der Waals surface area contributed by atoms with E-state index in [1.54, 1.807) is 16.4 Å². The first-order valence-electron chi connectivity index (χ1n) is 11.2. The van der Waals surface area contributed by atoms with E-state index in [0.29, 0.717) is 47.3 Å². The summed E-state index contributed by atoms with van der Waals surface area (Å²) >= 11 is 7.40. The predicted octanol–water partition coefficient (Wildman–Crippen LogP) is 6.14. The van der Waals surface area contributed by atoms with Gasteiger partial charge in [-0.05, 0) is 86.9 Å². The van der Waals surface area contributed by atoms with Crippen molar-refractivity contribution >= 4 is 49.0 Å². The minimum Gasteiger partial charge on any atom is -0.478 e. The van der Waals surface area contributed by atoms with Gasteiger partial charge in [0.15, 0.2) is 5.60 Å². The third-order valence-electron chi connectivity index (χ3n) is 5.56. The van der Waals surface area contributed by atoms with Gasteiger partial charge in [0.25, 0.3) is 10.0 Å². The van der Waals surface area contributed by atoms with E-state index in [4.69, 9.17) is 16.3 Å². The van der Waals surface area contributed by atoms with Crippen LogP contribution in [0.2, 0.25) is 5.02 Å². The number of carboxylic acids is 1. The van der Waals surface area contributed by atoms with E-state index in [9.17, 15) is 18.3 Å². The second-order valence-electron chi connectivity index (χ2n) is 8.73. The van der Waals surface area contributed by atoms with Crippen LogP contribution < -0.4 is 4.74 Å². The van der Waals surface area contributed by atoms with E-state index in [1.807, 2.05) is 44.2 Å². The summed E-state index contributed by atoms with van der Waals surface area (Å²) in [5.41, 5.74) is 0.353. The van der Waals surface area contributed by atoms with E-state index < -0.39 is 21.6 Å². The summed E-state index contributed by atoms with van der Waals surface area (Å²) in [5, 5.41) is 10.7. The maximum absolute atomic E-state index is 13.5. The average Bonchev–Trinajstić information content (AvgIpc) is 3.09. The Morgan fingerprint density at radius 3 is 2.59 bits per heavy atom. The topological polar surface area (TPSA) is 83.9 Å². The molecule has 1 heterocycles. The highest BCUT2D eigenvalue weighted by Gasteiger charge is 2.30. The molecule has 0 radical (unpaired) electrons. The van der Waals surface area contributed by atoms with Crippen molar-refractivity contribution in [2.75, 3.05) is 13.1 Å². The molecule has 1 N–H and O–H groups in total. The fourth-order valence-corrected chi connectivity index (χ4v) is 7.32. The fraction of sp³-hybridized carbons (Fsp3) is 0.400. The van der Waals surface area contributed by atoms with Crippen molar-refractivity contribution in [2.24, 2.45) is 0 Å². The monoisotopic (exact) mass is 523 g/mol. The Morgan fingerprint density at radius 2 is 1.91 bits per heavy atom. The van der Waals surface area contributed by atoms with E-state index >= 15 is 0 Å². The first-order valence-corrected chi connectivity index (χ1v) is 13.8. The summed E-state index contributed by atoms with van der Waals surface area (Å²) in [4.78, 5) is 11.3. The van der Waals surface area contributed by atoms with Crippen LogP contribution in [0, 0.1) is 6.92 Å². The molecule has 34 heavy (non-hydrogen) atoms. The van der Waals surface area contributed by atoms with Crippen molar-refractivity contribution < 1.29 is 23.1 Å². The minimum absolute atomic E-state index is 0.365. The number of benzene rings is 2. The van der Waals surface area contributed by atoms with Crippen LogP contribution in [0.15, 0.2) is 46.7 Å². The molecule has 0 atom stereocenters. The van der Waals surface area contributed by atoms with Gasteiger partial charge in [0.1, 0.15) is 9.96 Å². The van der Waals surface area contributed by atoms with Gasteiger partial charge in [-0.2, -0.15) is 4.31 Å². The number of hydrogen-bond acceptors (Lipinski definition) is 5. The number of ether oxygens (including phenoxy) is 1. The van der Waals surface area contributed by atoms with Gasteiger partial charge in [0, 0.05) is 22.8 Å². The molecular formula is C25H30ClNO5S2. The lowest BCUT2D eigenvalue weighted by Gasteiger charge is -2.22. The van der Waals surface area contributed by atoms with Gasteiger partial charge in [0.2, 0.25) is 0 Å². The molecule has 0 bridgehead atoms. The number of fused-ring (bicyclic) bond motifs is 1. The fourth-order valence-electron chi connectivity index (χ4n) is 3.70. The second-order valence-corrected chi connectivity index (χ2v) is 12.3. The summed E-state index contributed by atoms with van der Waals surface area (Å²) in [6.45, 7) is 7.61. The lowest BCUT2D eigenvalue weighted by molar-refractivity contribution is -0.152. The Balaban J connectivity index is 1.74. The third-order valence-corrected chi connectivity index (χ3v) is 9.57. The average molecular weight is 524 g/mol. The maximum atomic E-state index is 13.5. The van der Waals surface area contributed by atoms with Gasteiger partial charge in [-0.3, -0.25) is 0 Å². The number of nitrogens with zero attached hydrogens (tertiary/aromatic N) is 1. The summed E-state index contributed by atoms with van der Waals surface area (Å²) in [7, 11) is -3.65. The van der Waals surface area contributed by atoms with E-state index in [-0.39, 0.29) is 0 Å². The SMILES string of the molecule is CCCN(CCCc1cccc(OC(C)(C)C(=O)O)c1)S(=O)(=O)c1sc2ccc(Cl)cc2c1C. The van der Waals surface area contributed by atoms with Gasteiger partial charge in [-0.25, -0.2) is 13.2 Å². The molecule has 0 spiro atoms. The zero-order valence-electron chi connectivity index (χ0n) is 19.8. The van der Waals surface area contributed by atoms with E-state index in [1.165, 1.54) is 25.2 Å². The summed E-state index contributed by atoms with van der Waals surface area (Å²) < 4.78 is 35.5. The molecule has 0 fully saturated rings. The number of carboxylic acid groups (broad SMARTS) is 1. The van der Waals surface area contributed by atoms with Crippen LogP contribution in [0.4, 0.5) is 0 Å². The molecule has 6 nitrogen and oxygen atoms in total. The molecule has 184 valence electrons. The first-order chi connectivity index (χ1) is 16.0. The van der Waals surface area contributed by atoms with Gasteiger partial charge in [-0.1, -0.05) is 30.7 Å². The van der Waals surface area contributed by atoms with Crippen LogP contribution >= 0.6 is 22.9 Å². The first kappa shape index (κ1) is 26.5. The number of thiophene rings is 1. The van der Waals surface area contributed by atoms with Crippen LogP contribution in [-0.4, -0.2) is 42.5 Å². The number of aliphatic carboxylic acids is 1. The van der Waals surface area contributed by atoms with Crippen molar-refractivity contribution in [1.29, 1.82) is 0 Å². The molecule has 3 aromatic rings. The highest BCUT2D eigenvalue weighted by molar-refractivity contribution is 7.91. The number of sulfonamides is 1. The molecule has 0 aliphatic rings. The van der Waals surface area contributed by atoms with Crippen molar-refractivity contribution in [1.82, 2.24) is 4.31 Å². The Kier molecular flexibility index (Phi) is 8.29. The van der Waals surface area contributed by atoms with Crippen LogP contribution in [0.5, 0.6) is 5.75 Å². The molecule has 1 aromatic heterocycles. The molecular weight excluding hydrogens is 494 g/mol. The smallest absolute Gasteiger partial charge is 0.347 e. The zero-order valence-corrected chi connectivity index (χ0v) is 22.2. The van der Waals surface area contributed by atoms with Crippen molar-refractivity contribution in [2.45, 2.75) is 56.8 Å². The van der Waals surface area contributed by atoms with E-state index in [0.717, 1.165) is 21.2 Å². The number of aryl methyl sites for hydroxylation is 2. The Labute approximate surface area is 210 Å². The van der Waals surface area contributed by atoms with Gasteiger partial charge in [0.05, 0.1) is 0 Å². The highest BCUT2D eigenvalue weighted by atomic mass is 35.5. The van der Waals surface area contributed by atoms with Gasteiger partial charge >= 0.3 is 5.97 Å². The molecule has 3 rings (SSSR count). The predicted molar refractivity (Wildman–Crippen MR) is 138 cm³/mol. The number of carbonyl (C=O) groups is 1. The van der Waals surface area contributed by atoms with Crippen molar-refractivity contribution in [3.8, 4) is 5.75 Å². The summed E-state index contributed by atoms with van der Waals surface area (Å²) in [6.07, 6.45) is 1.98. The molecule has 2 aromatic carbocycles. The van der Waals surface area contributed by atoms with Crippen LogP contribution in [0.3, 0.4) is 0 Å². The minimum atomic E-state index is -3.65.